The molecule has 0 fully saturated rings. The molecule has 2 unspecified atom stereocenters. The number of carbonyl (C=O) groups excluding carboxylic acids is 1. The second-order valence-electron chi connectivity index (χ2n) is 5.99. The monoisotopic (exact) mass is 458 g/mol. The first kappa shape index (κ1) is 23.5. The summed E-state index contributed by atoms with van der Waals surface area (Å²) < 4.78 is 36.3. The van der Waals surface area contributed by atoms with Crippen LogP contribution in [0.3, 0.4) is 0 Å². The van der Waals surface area contributed by atoms with E-state index in [1.165, 1.54) is 43.5 Å². The van der Waals surface area contributed by atoms with Gasteiger partial charge in [-0.1, -0.05) is 11.6 Å². The van der Waals surface area contributed by atoms with Crippen LogP contribution in [0.15, 0.2) is 47.4 Å². The minimum absolute atomic E-state index is 0.0257. The number of nitrogens with zero attached hydrogens (tertiary/aromatic N) is 1. The average molecular weight is 459 g/mol. The number of nitro benzene ring substituents is 1. The highest BCUT2D eigenvalue weighted by Crippen LogP contribution is 2.35. The summed E-state index contributed by atoms with van der Waals surface area (Å²) in [5, 5.41) is 21.8. The van der Waals surface area contributed by atoms with E-state index in [2.05, 4.69) is 10.1 Å². The summed E-state index contributed by atoms with van der Waals surface area (Å²) in [6, 6.07) is 7.34. The van der Waals surface area contributed by atoms with E-state index < -0.39 is 44.4 Å². The van der Waals surface area contributed by atoms with Gasteiger partial charge >= 0.3 is 5.97 Å². The number of aliphatic hydroxyl groups excluding tert-OH is 1. The fourth-order valence-electron chi connectivity index (χ4n) is 2.66. The number of benzene rings is 2. The molecule has 2 N–H and O–H groups in total. The number of sulfone groups is 1. The van der Waals surface area contributed by atoms with Crippen LogP contribution in [0.5, 0.6) is 5.75 Å². The summed E-state index contributed by atoms with van der Waals surface area (Å²) in [6.45, 7) is -0.803. The second-order valence-corrected chi connectivity index (χ2v) is 8.46. The van der Waals surface area contributed by atoms with Gasteiger partial charge < -0.3 is 14.6 Å². The lowest BCUT2D eigenvalue weighted by Gasteiger charge is -2.24. The van der Waals surface area contributed by atoms with Crippen molar-refractivity contribution >= 4 is 33.1 Å². The van der Waals surface area contributed by atoms with Crippen LogP contribution in [0.4, 0.5) is 5.69 Å². The normalized spacial score (nSPS) is 13.3. The van der Waals surface area contributed by atoms with Gasteiger partial charge in [-0.3, -0.25) is 20.2 Å². The number of nitrogens with one attached hydrogen (secondary N) is 1. The zero-order valence-electron chi connectivity index (χ0n) is 15.9. The number of rotatable bonds is 9. The van der Waals surface area contributed by atoms with Gasteiger partial charge in [-0.25, -0.2) is 8.42 Å². The Bertz CT molecular complexity index is 1030. The molecule has 12 heteroatoms. The van der Waals surface area contributed by atoms with Gasteiger partial charge in [0.25, 0.3) is 5.69 Å². The van der Waals surface area contributed by atoms with Gasteiger partial charge in [0.2, 0.25) is 0 Å². The zero-order valence-corrected chi connectivity index (χ0v) is 17.5. The molecular weight excluding hydrogens is 440 g/mol. The third-order valence-corrected chi connectivity index (χ3v) is 6.37. The molecule has 0 saturated carbocycles. The lowest BCUT2D eigenvalue weighted by molar-refractivity contribution is -0.385. The van der Waals surface area contributed by atoms with Crippen molar-refractivity contribution in [3.05, 3.63) is 63.2 Å². The molecule has 0 aliphatic carbocycles. The first-order valence-corrected chi connectivity index (χ1v) is 10.3. The van der Waals surface area contributed by atoms with Gasteiger partial charge in [0.05, 0.1) is 36.2 Å². The van der Waals surface area contributed by atoms with Crippen molar-refractivity contribution in [1.29, 1.82) is 0 Å². The zero-order chi connectivity index (χ0) is 22.5. The van der Waals surface area contributed by atoms with Gasteiger partial charge in [0, 0.05) is 11.1 Å². The predicted octanol–water partition coefficient (Wildman–Crippen LogP) is 1.85. The van der Waals surface area contributed by atoms with E-state index in [0.717, 1.165) is 13.2 Å². The van der Waals surface area contributed by atoms with Crippen LogP contribution in [-0.2, 0) is 19.4 Å². The Morgan fingerprint density at radius 2 is 1.87 bits per heavy atom. The fraction of sp³-hybridized carbons (Fsp3) is 0.278. The molecule has 2 rings (SSSR count). The predicted molar refractivity (Wildman–Crippen MR) is 107 cm³/mol. The molecule has 0 saturated heterocycles. The summed E-state index contributed by atoms with van der Waals surface area (Å²) in [4.78, 5) is 22.5. The molecule has 0 amide bonds. The quantitative estimate of drug-likeness (QED) is 0.326. The third kappa shape index (κ3) is 5.05. The topological polar surface area (TPSA) is 145 Å². The molecule has 2 atom stereocenters. The minimum atomic E-state index is -4.33. The molecule has 162 valence electrons. The summed E-state index contributed by atoms with van der Waals surface area (Å²) >= 11 is 5.83. The van der Waals surface area contributed by atoms with Crippen LogP contribution in [0.2, 0.25) is 5.02 Å². The van der Waals surface area contributed by atoms with Gasteiger partial charge in [-0.15, -0.1) is 0 Å². The van der Waals surface area contributed by atoms with Gasteiger partial charge in [-0.2, -0.15) is 0 Å². The summed E-state index contributed by atoms with van der Waals surface area (Å²) in [5.41, 5.74) is -0.832. The van der Waals surface area contributed by atoms with Crippen LogP contribution in [-0.4, -0.2) is 51.3 Å². The molecule has 0 bridgehead atoms. The second kappa shape index (κ2) is 9.85. The number of carbonyl (C=O) groups is 1. The third-order valence-electron chi connectivity index (χ3n) is 4.19. The number of aliphatic hydroxyl groups is 1. The molecule has 2 aromatic rings. The lowest BCUT2D eigenvalue weighted by atomic mass is 10.1. The Labute approximate surface area is 177 Å². The number of halogens is 1. The maximum atomic E-state index is 13.4. The van der Waals surface area contributed by atoms with Gasteiger partial charge in [0.1, 0.15) is 17.2 Å². The van der Waals surface area contributed by atoms with Crippen molar-refractivity contribution in [1.82, 2.24) is 5.32 Å². The summed E-state index contributed by atoms with van der Waals surface area (Å²) in [7, 11) is -1.86. The van der Waals surface area contributed by atoms with Crippen LogP contribution in [0.1, 0.15) is 10.9 Å². The molecular formula is C18H19ClN2O8S. The molecule has 0 aliphatic heterocycles. The van der Waals surface area contributed by atoms with Crippen molar-refractivity contribution in [2.45, 2.75) is 16.3 Å². The first-order chi connectivity index (χ1) is 14.1. The SMILES string of the molecule is COC(=O)C(CO)NC(c1ccc(Cl)cc1[N+](=O)[O-])S(=O)(=O)c1ccc(OC)cc1. The highest BCUT2D eigenvalue weighted by atomic mass is 35.5. The van der Waals surface area contributed by atoms with Crippen molar-refractivity contribution in [2.24, 2.45) is 0 Å². The van der Waals surface area contributed by atoms with E-state index in [1.807, 2.05) is 0 Å². The molecule has 0 spiro atoms. The smallest absolute Gasteiger partial charge is 0.325 e. The number of hydrogen-bond acceptors (Lipinski definition) is 9. The highest BCUT2D eigenvalue weighted by molar-refractivity contribution is 7.91. The Kier molecular flexibility index (Phi) is 7.73. The Hall–Kier alpha value is -2.73. The highest BCUT2D eigenvalue weighted by Gasteiger charge is 2.37. The number of hydrogen-bond donors (Lipinski definition) is 2. The van der Waals surface area contributed by atoms with E-state index >= 15 is 0 Å². The van der Waals surface area contributed by atoms with Crippen molar-refractivity contribution in [3.63, 3.8) is 0 Å². The largest absolute Gasteiger partial charge is 0.497 e. The van der Waals surface area contributed by atoms with Crippen LogP contribution < -0.4 is 10.1 Å². The van der Waals surface area contributed by atoms with E-state index in [1.54, 1.807) is 0 Å². The molecule has 2 aromatic carbocycles. The lowest BCUT2D eigenvalue weighted by Crippen LogP contribution is -2.45. The van der Waals surface area contributed by atoms with Crippen molar-refractivity contribution < 1.29 is 32.7 Å². The first-order valence-electron chi connectivity index (χ1n) is 8.42. The Morgan fingerprint density at radius 3 is 2.37 bits per heavy atom. The van der Waals surface area contributed by atoms with Crippen molar-refractivity contribution in [3.8, 4) is 5.75 Å². The number of esters is 1. The Balaban J connectivity index is 2.67. The molecule has 0 aliphatic rings. The van der Waals surface area contributed by atoms with Crippen LogP contribution >= 0.6 is 11.6 Å². The summed E-state index contributed by atoms with van der Waals surface area (Å²) in [5.74, 6) is -0.539. The average Bonchev–Trinajstić information content (AvgIpc) is 2.74. The number of methoxy groups -OCH3 is 2. The minimum Gasteiger partial charge on any atom is -0.497 e. The molecule has 0 radical (unpaired) electrons. The fourth-order valence-corrected chi connectivity index (χ4v) is 4.50. The maximum Gasteiger partial charge on any atom is 0.325 e. The summed E-state index contributed by atoms with van der Waals surface area (Å²) in [6.07, 6.45) is 0. The molecule has 10 nitrogen and oxygen atoms in total. The number of nitro groups is 1. The maximum absolute atomic E-state index is 13.4. The standard InChI is InChI=1S/C18H19ClN2O8S/c1-28-12-4-6-13(7-5-12)30(26,27)17(20-15(10-22)18(23)29-2)14-8-3-11(19)9-16(14)21(24)25/h3-9,15,17,20,22H,10H2,1-2H3. The van der Waals surface area contributed by atoms with Crippen molar-refractivity contribution in [2.75, 3.05) is 20.8 Å². The van der Waals surface area contributed by atoms with E-state index in [0.29, 0.717) is 5.75 Å². The van der Waals surface area contributed by atoms with E-state index in [9.17, 15) is 28.4 Å². The van der Waals surface area contributed by atoms with Gasteiger partial charge in [0.15, 0.2) is 9.84 Å². The van der Waals surface area contributed by atoms with Crippen LogP contribution in [0.25, 0.3) is 0 Å². The number of ether oxygens (including phenoxy) is 2. The van der Waals surface area contributed by atoms with E-state index in [4.69, 9.17) is 16.3 Å². The van der Waals surface area contributed by atoms with E-state index in [-0.39, 0.29) is 15.5 Å². The molecule has 0 heterocycles. The molecule has 0 aromatic heterocycles. The molecule has 30 heavy (non-hydrogen) atoms. The Morgan fingerprint density at radius 1 is 1.23 bits per heavy atom. The van der Waals surface area contributed by atoms with Crippen LogP contribution in [0, 0.1) is 10.1 Å². The van der Waals surface area contributed by atoms with Gasteiger partial charge in [-0.05, 0) is 36.4 Å².